The summed E-state index contributed by atoms with van der Waals surface area (Å²) in [5.41, 5.74) is 1.20. The first-order valence-electron chi connectivity index (χ1n) is 7.26. The molecule has 121 valence electrons. The third-order valence-electron chi connectivity index (χ3n) is 3.48. The van der Waals surface area contributed by atoms with Crippen molar-refractivity contribution in [2.24, 2.45) is 0 Å². The van der Waals surface area contributed by atoms with Crippen molar-refractivity contribution in [1.29, 1.82) is 0 Å². The summed E-state index contributed by atoms with van der Waals surface area (Å²) in [5, 5.41) is 0.419. The van der Waals surface area contributed by atoms with Crippen LogP contribution in [-0.4, -0.2) is 38.6 Å². The first-order valence-corrected chi connectivity index (χ1v) is 8.12. The molecule has 0 aliphatic carbocycles. The van der Waals surface area contributed by atoms with E-state index in [1.165, 1.54) is 6.26 Å². The fraction of sp³-hybridized carbons (Fsp3) is 0.176. The van der Waals surface area contributed by atoms with Gasteiger partial charge in [0.15, 0.2) is 0 Å². The van der Waals surface area contributed by atoms with Crippen LogP contribution in [0.25, 0.3) is 22.2 Å². The molecule has 0 aliphatic heterocycles. The van der Waals surface area contributed by atoms with Crippen molar-refractivity contribution in [3.63, 3.8) is 0 Å². The van der Waals surface area contributed by atoms with Gasteiger partial charge in [-0.05, 0) is 0 Å². The Bertz CT molecular complexity index is 998. The van der Waals surface area contributed by atoms with Gasteiger partial charge in [0.25, 0.3) is 0 Å². The van der Waals surface area contributed by atoms with Crippen LogP contribution < -0.4 is 10.2 Å². The van der Waals surface area contributed by atoms with E-state index in [2.05, 4.69) is 26.0 Å². The van der Waals surface area contributed by atoms with Crippen LogP contribution in [-0.2, 0) is 4.74 Å². The van der Waals surface area contributed by atoms with Gasteiger partial charge >= 0.3 is 145 Å². The Morgan fingerprint density at radius 3 is 2.79 bits per heavy atom. The second kappa shape index (κ2) is 6.55. The summed E-state index contributed by atoms with van der Waals surface area (Å²) >= 11 is 2.70. The number of nitrogens with zero attached hydrogens (tertiary/aromatic N) is 2. The van der Waals surface area contributed by atoms with E-state index < -0.39 is 5.97 Å². The van der Waals surface area contributed by atoms with Gasteiger partial charge in [-0.3, -0.25) is 0 Å². The molecule has 2 heterocycles. The normalized spacial score (nSPS) is 10.8. The number of carbonyl (C=O) groups excluding carboxylic acids is 1. The molecular weight excluding hydrogens is 375 g/mol. The predicted molar refractivity (Wildman–Crippen MR) is 89.6 cm³/mol. The van der Waals surface area contributed by atoms with E-state index in [4.69, 9.17) is 9.15 Å². The number of ether oxygens (including phenoxy) is 1. The molecule has 0 saturated heterocycles. The van der Waals surface area contributed by atoms with Crippen LogP contribution in [0.4, 0.5) is 0 Å². The molecule has 6 nitrogen and oxygen atoms in total. The Balaban J connectivity index is 2.32. The zero-order valence-electron chi connectivity index (χ0n) is 13.0. The molecule has 0 saturated carbocycles. The van der Waals surface area contributed by atoms with Crippen LogP contribution in [0.2, 0.25) is 0 Å². The van der Waals surface area contributed by atoms with Crippen molar-refractivity contribution in [3.05, 3.63) is 52.0 Å². The van der Waals surface area contributed by atoms with E-state index in [0.717, 1.165) is 0 Å². The van der Waals surface area contributed by atoms with Crippen molar-refractivity contribution >= 4 is 37.7 Å². The quantitative estimate of drug-likeness (QED) is 0.500. The average molecular weight is 388 g/mol. The maximum absolute atomic E-state index is 12.8. The van der Waals surface area contributed by atoms with E-state index in [1.54, 1.807) is 38.1 Å². The number of esters is 1. The van der Waals surface area contributed by atoms with Crippen LogP contribution in [0.3, 0.4) is 0 Å². The zero-order valence-corrected chi connectivity index (χ0v) is 14.7. The zero-order chi connectivity index (χ0) is 17.3. The number of carbonyl (C=O) groups is 1. The van der Waals surface area contributed by atoms with Crippen molar-refractivity contribution in [2.45, 2.75) is 13.8 Å². The molecule has 1 radical (unpaired) electrons. The summed E-state index contributed by atoms with van der Waals surface area (Å²) in [7, 11) is 0. The molecular formula is C17H13N2O4Se. The van der Waals surface area contributed by atoms with Crippen LogP contribution in [0, 0.1) is 6.92 Å². The van der Waals surface area contributed by atoms with Gasteiger partial charge in [-0.25, -0.2) is 0 Å². The van der Waals surface area contributed by atoms with Gasteiger partial charge in [-0.15, -0.1) is 0 Å². The number of hydrogen-bond donors (Lipinski definition) is 0. The average Bonchev–Trinajstić information content (AvgIpc) is 2.55. The van der Waals surface area contributed by atoms with Crippen molar-refractivity contribution in [1.82, 2.24) is 9.97 Å². The standard InChI is InChI=1S/C17H13N2O4Se/c1-3-22-16(21)13-9(2)18-17(24)19-14(13)11-8-23-12-7-5-4-6-10(12)15(11)20/h4-8H,3H2,1-2H3. The van der Waals surface area contributed by atoms with E-state index in [-0.39, 0.29) is 28.9 Å². The maximum atomic E-state index is 12.8. The van der Waals surface area contributed by atoms with E-state index >= 15 is 0 Å². The second-order valence-corrected chi connectivity index (χ2v) is 5.78. The molecule has 24 heavy (non-hydrogen) atoms. The first kappa shape index (κ1) is 16.4. The van der Waals surface area contributed by atoms with Crippen LogP contribution in [0.1, 0.15) is 23.0 Å². The molecule has 0 fully saturated rings. The SMILES string of the molecule is CCOC(=O)c1c(C)nc([Se])nc1-c1coc2ccccc2c1=O. The fourth-order valence-corrected chi connectivity index (χ4v) is 2.91. The Morgan fingerprint density at radius 1 is 1.29 bits per heavy atom. The fourth-order valence-electron chi connectivity index (χ4n) is 2.43. The molecule has 0 unspecified atom stereocenters. The van der Waals surface area contributed by atoms with Crippen molar-refractivity contribution < 1.29 is 13.9 Å². The van der Waals surface area contributed by atoms with Gasteiger partial charge in [0.2, 0.25) is 0 Å². The van der Waals surface area contributed by atoms with Crippen LogP contribution >= 0.6 is 0 Å². The van der Waals surface area contributed by atoms with Crippen LogP contribution in [0.15, 0.2) is 39.7 Å². The number of rotatable bonds is 3. The third-order valence-corrected chi connectivity index (χ3v) is 3.87. The number of benzene rings is 1. The van der Waals surface area contributed by atoms with Gasteiger partial charge in [-0.2, -0.15) is 0 Å². The van der Waals surface area contributed by atoms with Crippen LogP contribution in [0.5, 0.6) is 0 Å². The Kier molecular flexibility index (Phi) is 4.46. The molecule has 0 bridgehead atoms. The molecule has 7 heteroatoms. The Hall–Kier alpha value is -2.50. The minimum atomic E-state index is -0.572. The molecule has 0 amide bonds. The van der Waals surface area contributed by atoms with Gasteiger partial charge in [0.1, 0.15) is 0 Å². The molecule has 0 aliphatic rings. The van der Waals surface area contributed by atoms with Crippen molar-refractivity contribution in [3.8, 4) is 11.3 Å². The second-order valence-electron chi connectivity index (χ2n) is 5.01. The summed E-state index contributed by atoms with van der Waals surface area (Å²) < 4.78 is 10.9. The topological polar surface area (TPSA) is 82.3 Å². The summed E-state index contributed by atoms with van der Waals surface area (Å²) in [6.07, 6.45) is 1.31. The molecule has 0 spiro atoms. The predicted octanol–water partition coefficient (Wildman–Crippen LogP) is 1.53. The monoisotopic (exact) mass is 389 g/mol. The summed E-state index contributed by atoms with van der Waals surface area (Å²) in [4.78, 5) is 33.5. The Labute approximate surface area is 145 Å². The number of aryl methyl sites for hydroxylation is 1. The van der Waals surface area contributed by atoms with Gasteiger partial charge in [-0.1, -0.05) is 0 Å². The summed E-state index contributed by atoms with van der Waals surface area (Å²) in [5.74, 6) is -0.572. The molecule has 2 aromatic heterocycles. The number of para-hydroxylation sites is 1. The summed E-state index contributed by atoms with van der Waals surface area (Å²) in [6.45, 7) is 3.59. The molecule has 3 aromatic rings. The van der Waals surface area contributed by atoms with Gasteiger partial charge in [0, 0.05) is 0 Å². The first-order chi connectivity index (χ1) is 11.5. The number of fused-ring (bicyclic) bond motifs is 1. The number of hydrogen-bond acceptors (Lipinski definition) is 6. The molecule has 3 rings (SSSR count). The molecule has 1 aromatic carbocycles. The Morgan fingerprint density at radius 2 is 2.04 bits per heavy atom. The van der Waals surface area contributed by atoms with Gasteiger partial charge < -0.3 is 0 Å². The van der Waals surface area contributed by atoms with E-state index in [0.29, 0.717) is 21.4 Å². The number of aromatic nitrogens is 2. The van der Waals surface area contributed by atoms with Gasteiger partial charge in [0.05, 0.1) is 0 Å². The van der Waals surface area contributed by atoms with Crippen molar-refractivity contribution in [2.75, 3.05) is 6.61 Å². The van der Waals surface area contributed by atoms with E-state index in [1.807, 2.05) is 0 Å². The molecule has 0 atom stereocenters. The summed E-state index contributed by atoms with van der Waals surface area (Å²) in [6, 6.07) is 6.90. The molecule has 0 N–H and O–H groups in total. The third kappa shape index (κ3) is 2.84. The minimum absolute atomic E-state index is 0.165. The van der Waals surface area contributed by atoms with E-state index in [9.17, 15) is 9.59 Å².